The smallest absolute Gasteiger partial charge is 0.271 e. The van der Waals surface area contributed by atoms with Gasteiger partial charge < -0.3 is 5.32 Å². The highest BCUT2D eigenvalue weighted by atomic mass is 79.9. The first kappa shape index (κ1) is 14.5. The molecule has 102 valence electrons. The van der Waals surface area contributed by atoms with Crippen LogP contribution in [-0.4, -0.2) is 10.8 Å². The van der Waals surface area contributed by atoms with Gasteiger partial charge in [-0.1, -0.05) is 27.5 Å². The minimum Gasteiger partial charge on any atom is -0.320 e. The molecular weight excluding hydrogens is 348 g/mol. The van der Waals surface area contributed by atoms with Gasteiger partial charge in [0, 0.05) is 22.2 Å². The Morgan fingerprint density at radius 1 is 1.20 bits per heavy atom. The van der Waals surface area contributed by atoms with Gasteiger partial charge in [-0.2, -0.15) is 0 Å². The second-order valence-corrected chi connectivity index (χ2v) is 5.21. The Morgan fingerprint density at radius 3 is 2.45 bits per heavy atom. The number of hydrogen-bond acceptors (Lipinski definition) is 3. The number of non-ortho nitro benzene ring substituents is 1. The zero-order chi connectivity index (χ0) is 14.7. The van der Waals surface area contributed by atoms with E-state index in [0.717, 1.165) is 4.47 Å². The zero-order valence-corrected chi connectivity index (χ0v) is 12.3. The summed E-state index contributed by atoms with van der Waals surface area (Å²) in [6.07, 6.45) is 0. The molecule has 0 atom stereocenters. The van der Waals surface area contributed by atoms with Gasteiger partial charge in [0.05, 0.1) is 15.6 Å². The summed E-state index contributed by atoms with van der Waals surface area (Å²) in [5.74, 6) is -0.389. The van der Waals surface area contributed by atoms with Crippen LogP contribution < -0.4 is 5.32 Å². The van der Waals surface area contributed by atoms with E-state index >= 15 is 0 Å². The maximum Gasteiger partial charge on any atom is 0.271 e. The van der Waals surface area contributed by atoms with Crippen LogP contribution in [0.2, 0.25) is 5.02 Å². The van der Waals surface area contributed by atoms with Gasteiger partial charge in [-0.3, -0.25) is 14.9 Å². The summed E-state index contributed by atoms with van der Waals surface area (Å²) < 4.78 is 0.849. The predicted molar refractivity (Wildman–Crippen MR) is 80.2 cm³/mol. The van der Waals surface area contributed by atoms with Gasteiger partial charge in [0.2, 0.25) is 0 Å². The molecule has 0 saturated heterocycles. The zero-order valence-electron chi connectivity index (χ0n) is 9.97. The number of nitro groups is 1. The van der Waals surface area contributed by atoms with Crippen LogP contribution in [0.5, 0.6) is 0 Å². The number of hydrogen-bond donors (Lipinski definition) is 1. The molecule has 0 unspecified atom stereocenters. The molecule has 1 N–H and O–H groups in total. The van der Waals surface area contributed by atoms with Gasteiger partial charge in [0.1, 0.15) is 0 Å². The molecule has 20 heavy (non-hydrogen) atoms. The molecule has 0 radical (unpaired) electrons. The minimum atomic E-state index is -0.550. The van der Waals surface area contributed by atoms with E-state index in [1.807, 2.05) is 0 Å². The lowest BCUT2D eigenvalue weighted by atomic mass is 10.2. The molecule has 0 fully saturated rings. The minimum absolute atomic E-state index is 0.138. The van der Waals surface area contributed by atoms with Crippen molar-refractivity contribution >= 4 is 44.8 Å². The molecule has 7 heteroatoms. The van der Waals surface area contributed by atoms with Gasteiger partial charge in [-0.15, -0.1) is 0 Å². The summed E-state index contributed by atoms with van der Waals surface area (Å²) in [5.41, 5.74) is 0.491. The number of rotatable bonds is 3. The molecule has 0 bridgehead atoms. The van der Waals surface area contributed by atoms with Crippen LogP contribution in [0, 0.1) is 10.1 Å². The first-order valence-electron chi connectivity index (χ1n) is 5.48. The summed E-state index contributed by atoms with van der Waals surface area (Å²) >= 11 is 9.18. The highest BCUT2D eigenvalue weighted by Gasteiger charge is 2.13. The van der Waals surface area contributed by atoms with E-state index in [1.165, 1.54) is 18.2 Å². The van der Waals surface area contributed by atoms with E-state index in [-0.39, 0.29) is 22.3 Å². The van der Waals surface area contributed by atoms with Gasteiger partial charge in [-0.25, -0.2) is 0 Å². The SMILES string of the molecule is O=C(Nc1cc([N+](=O)[O-])ccc1Cl)c1ccc(Br)cc1. The molecule has 0 heterocycles. The Balaban J connectivity index is 2.25. The van der Waals surface area contributed by atoms with Crippen molar-refractivity contribution < 1.29 is 9.72 Å². The number of benzene rings is 2. The highest BCUT2D eigenvalue weighted by Crippen LogP contribution is 2.27. The average Bonchev–Trinajstić information content (AvgIpc) is 2.41. The fourth-order valence-corrected chi connectivity index (χ4v) is 1.95. The van der Waals surface area contributed by atoms with Gasteiger partial charge in [-0.05, 0) is 30.3 Å². The van der Waals surface area contributed by atoms with Crippen molar-refractivity contribution in [2.24, 2.45) is 0 Å². The molecule has 2 aromatic carbocycles. The standard InChI is InChI=1S/C13H8BrClN2O3/c14-9-3-1-8(2-4-9)13(18)16-12-7-10(17(19)20)5-6-11(12)15/h1-7H,(H,16,18). The highest BCUT2D eigenvalue weighted by molar-refractivity contribution is 9.10. The number of nitrogens with zero attached hydrogens (tertiary/aromatic N) is 1. The van der Waals surface area contributed by atoms with Gasteiger partial charge in [0.25, 0.3) is 11.6 Å². The van der Waals surface area contributed by atoms with Crippen LogP contribution in [-0.2, 0) is 0 Å². The number of carbonyl (C=O) groups excluding carboxylic acids is 1. The van der Waals surface area contributed by atoms with E-state index in [0.29, 0.717) is 5.56 Å². The lowest BCUT2D eigenvalue weighted by molar-refractivity contribution is -0.384. The summed E-state index contributed by atoms with van der Waals surface area (Å²) in [7, 11) is 0. The van der Waals surface area contributed by atoms with Crippen molar-refractivity contribution in [3.8, 4) is 0 Å². The second kappa shape index (κ2) is 6.02. The number of carbonyl (C=O) groups is 1. The largest absolute Gasteiger partial charge is 0.320 e. The van der Waals surface area contributed by atoms with Crippen LogP contribution in [0.1, 0.15) is 10.4 Å². The fourth-order valence-electron chi connectivity index (χ4n) is 1.52. The Bertz CT molecular complexity index is 674. The first-order chi connectivity index (χ1) is 9.47. The summed E-state index contributed by atoms with van der Waals surface area (Å²) in [5, 5.41) is 13.5. The van der Waals surface area contributed by atoms with Gasteiger partial charge >= 0.3 is 0 Å². The van der Waals surface area contributed by atoms with Crippen molar-refractivity contribution in [3.63, 3.8) is 0 Å². The third-order valence-corrected chi connectivity index (χ3v) is 3.37. The van der Waals surface area contributed by atoms with E-state index in [2.05, 4.69) is 21.2 Å². The van der Waals surface area contributed by atoms with E-state index in [4.69, 9.17) is 11.6 Å². The quantitative estimate of drug-likeness (QED) is 0.660. The van der Waals surface area contributed by atoms with Crippen LogP contribution in [0.25, 0.3) is 0 Å². The maximum atomic E-state index is 12.0. The maximum absolute atomic E-state index is 12.0. The molecule has 2 rings (SSSR count). The number of nitro benzene ring substituents is 1. The second-order valence-electron chi connectivity index (χ2n) is 3.88. The number of anilines is 1. The number of nitrogens with one attached hydrogen (secondary N) is 1. The summed E-state index contributed by atoms with van der Waals surface area (Å²) in [6, 6.07) is 10.6. The molecule has 0 saturated carbocycles. The first-order valence-corrected chi connectivity index (χ1v) is 6.65. The topological polar surface area (TPSA) is 72.2 Å². The number of halogens is 2. The van der Waals surface area contributed by atoms with Gasteiger partial charge in [0.15, 0.2) is 0 Å². The molecule has 2 aromatic rings. The molecule has 1 amide bonds. The van der Waals surface area contributed by atoms with Crippen LogP contribution in [0.4, 0.5) is 11.4 Å². The number of amides is 1. The van der Waals surface area contributed by atoms with Crippen molar-refractivity contribution in [2.45, 2.75) is 0 Å². The molecule has 0 spiro atoms. The van der Waals surface area contributed by atoms with E-state index in [9.17, 15) is 14.9 Å². The molecule has 0 aliphatic heterocycles. The average molecular weight is 356 g/mol. The molecule has 5 nitrogen and oxygen atoms in total. The molecule has 0 aliphatic carbocycles. The summed E-state index contributed by atoms with van der Waals surface area (Å²) in [6.45, 7) is 0. The summed E-state index contributed by atoms with van der Waals surface area (Å²) in [4.78, 5) is 22.2. The van der Waals surface area contributed by atoms with E-state index in [1.54, 1.807) is 24.3 Å². The van der Waals surface area contributed by atoms with Crippen molar-refractivity contribution in [2.75, 3.05) is 5.32 Å². The Labute approximate surface area is 127 Å². The molecule has 0 aromatic heterocycles. The third kappa shape index (κ3) is 3.34. The predicted octanol–water partition coefficient (Wildman–Crippen LogP) is 4.26. The third-order valence-electron chi connectivity index (χ3n) is 2.52. The van der Waals surface area contributed by atoms with Crippen LogP contribution in [0.15, 0.2) is 46.9 Å². The Kier molecular flexibility index (Phi) is 4.36. The molecular formula is C13H8BrClN2O3. The monoisotopic (exact) mass is 354 g/mol. The van der Waals surface area contributed by atoms with Crippen LogP contribution >= 0.6 is 27.5 Å². The van der Waals surface area contributed by atoms with E-state index < -0.39 is 4.92 Å². The fraction of sp³-hybridized carbons (Fsp3) is 0. The Hall–Kier alpha value is -1.92. The van der Waals surface area contributed by atoms with Crippen molar-refractivity contribution in [1.29, 1.82) is 0 Å². The van der Waals surface area contributed by atoms with Crippen molar-refractivity contribution in [3.05, 3.63) is 67.6 Å². The van der Waals surface area contributed by atoms with Crippen LogP contribution in [0.3, 0.4) is 0 Å². The van der Waals surface area contributed by atoms with Crippen molar-refractivity contribution in [1.82, 2.24) is 0 Å². The lowest BCUT2D eigenvalue weighted by Gasteiger charge is -2.07. The lowest BCUT2D eigenvalue weighted by Crippen LogP contribution is -2.12. The Morgan fingerprint density at radius 2 is 1.85 bits per heavy atom. The normalized spacial score (nSPS) is 10.1. The molecule has 0 aliphatic rings.